The van der Waals surface area contributed by atoms with E-state index in [1.165, 1.54) is 15.3 Å². The summed E-state index contributed by atoms with van der Waals surface area (Å²) in [5.74, 6) is 0. The molecular weight excluding hydrogens is 222 g/mol. The van der Waals surface area contributed by atoms with Crippen LogP contribution in [0.4, 0.5) is 0 Å². The Morgan fingerprint density at radius 1 is 1.27 bits per heavy atom. The molecule has 0 unspecified atom stereocenters. The fourth-order valence-corrected chi connectivity index (χ4v) is 3.01. The molecule has 0 radical (unpaired) electrons. The lowest BCUT2D eigenvalue weighted by molar-refractivity contribution is 0.697. The molecular formula is C12H15NS2. The van der Waals surface area contributed by atoms with Crippen molar-refractivity contribution in [3.05, 3.63) is 44.3 Å². The highest BCUT2D eigenvalue weighted by Gasteiger charge is 1.96. The van der Waals surface area contributed by atoms with Crippen LogP contribution in [0.25, 0.3) is 0 Å². The Labute approximate surface area is 98.8 Å². The van der Waals surface area contributed by atoms with Crippen LogP contribution in [0.15, 0.2) is 29.0 Å². The number of aryl methyl sites for hydroxylation is 1. The van der Waals surface area contributed by atoms with E-state index >= 15 is 0 Å². The van der Waals surface area contributed by atoms with Crippen molar-refractivity contribution >= 4 is 22.7 Å². The first-order valence-corrected chi connectivity index (χ1v) is 6.87. The summed E-state index contributed by atoms with van der Waals surface area (Å²) in [6.45, 7) is 4.22. The Kier molecular flexibility index (Phi) is 3.94. The smallest absolute Gasteiger partial charge is 0.0299 e. The van der Waals surface area contributed by atoms with Crippen LogP contribution in [0.5, 0.6) is 0 Å². The van der Waals surface area contributed by atoms with E-state index in [1.54, 1.807) is 0 Å². The molecule has 0 aliphatic rings. The second kappa shape index (κ2) is 5.45. The van der Waals surface area contributed by atoms with Crippen molar-refractivity contribution in [2.45, 2.75) is 19.9 Å². The van der Waals surface area contributed by atoms with Crippen LogP contribution in [0.2, 0.25) is 0 Å². The average Bonchev–Trinajstić information content (AvgIpc) is 2.84. The monoisotopic (exact) mass is 237 g/mol. The van der Waals surface area contributed by atoms with Gasteiger partial charge in [0.2, 0.25) is 0 Å². The van der Waals surface area contributed by atoms with E-state index in [4.69, 9.17) is 0 Å². The SMILES string of the molecule is Cc1csc(CNCCc2cccs2)c1. The molecule has 0 aromatic carbocycles. The van der Waals surface area contributed by atoms with Gasteiger partial charge in [-0.1, -0.05) is 6.07 Å². The van der Waals surface area contributed by atoms with Gasteiger partial charge in [-0.2, -0.15) is 0 Å². The fourth-order valence-electron chi connectivity index (χ4n) is 1.46. The lowest BCUT2D eigenvalue weighted by Crippen LogP contribution is -2.15. The van der Waals surface area contributed by atoms with Gasteiger partial charge in [-0.15, -0.1) is 22.7 Å². The van der Waals surface area contributed by atoms with Crippen molar-refractivity contribution < 1.29 is 0 Å². The van der Waals surface area contributed by atoms with E-state index in [0.717, 1.165) is 19.5 Å². The zero-order valence-corrected chi connectivity index (χ0v) is 10.5. The first-order chi connectivity index (χ1) is 7.34. The molecule has 0 atom stereocenters. The molecule has 2 aromatic heterocycles. The molecule has 2 aromatic rings. The van der Waals surface area contributed by atoms with Crippen LogP contribution < -0.4 is 5.32 Å². The highest BCUT2D eigenvalue weighted by atomic mass is 32.1. The summed E-state index contributed by atoms with van der Waals surface area (Å²) in [5, 5.41) is 7.81. The van der Waals surface area contributed by atoms with Crippen molar-refractivity contribution in [2.24, 2.45) is 0 Å². The molecule has 1 nitrogen and oxygen atoms in total. The summed E-state index contributed by atoms with van der Waals surface area (Å²) in [7, 11) is 0. The van der Waals surface area contributed by atoms with Gasteiger partial charge in [-0.05, 0) is 41.8 Å². The minimum absolute atomic E-state index is 1.00. The molecule has 0 bridgehead atoms. The second-order valence-corrected chi connectivity index (χ2v) is 5.62. The van der Waals surface area contributed by atoms with Crippen LogP contribution >= 0.6 is 22.7 Å². The maximum atomic E-state index is 3.47. The molecule has 80 valence electrons. The highest BCUT2D eigenvalue weighted by Crippen LogP contribution is 2.13. The third-order valence-corrected chi connectivity index (χ3v) is 4.20. The number of thiophene rings is 2. The van der Waals surface area contributed by atoms with Gasteiger partial charge in [-0.25, -0.2) is 0 Å². The lowest BCUT2D eigenvalue weighted by Gasteiger charge is -2.00. The summed E-state index contributed by atoms with van der Waals surface area (Å²) >= 11 is 3.67. The quantitative estimate of drug-likeness (QED) is 0.785. The molecule has 0 amide bonds. The largest absolute Gasteiger partial charge is 0.311 e. The first-order valence-electron chi connectivity index (χ1n) is 5.12. The molecule has 0 spiro atoms. The highest BCUT2D eigenvalue weighted by molar-refractivity contribution is 7.10. The maximum Gasteiger partial charge on any atom is 0.0299 e. The number of rotatable bonds is 5. The normalized spacial score (nSPS) is 10.7. The van der Waals surface area contributed by atoms with E-state index in [2.05, 4.69) is 41.2 Å². The molecule has 0 saturated carbocycles. The Balaban J connectivity index is 1.67. The maximum absolute atomic E-state index is 3.47. The van der Waals surface area contributed by atoms with Gasteiger partial charge >= 0.3 is 0 Å². The zero-order valence-electron chi connectivity index (χ0n) is 8.82. The van der Waals surface area contributed by atoms with Crippen LogP contribution in [0.1, 0.15) is 15.3 Å². The molecule has 0 saturated heterocycles. The second-order valence-electron chi connectivity index (χ2n) is 3.60. The summed E-state index contributed by atoms with van der Waals surface area (Å²) in [5.41, 5.74) is 1.37. The number of hydrogen-bond acceptors (Lipinski definition) is 3. The van der Waals surface area contributed by atoms with Gasteiger partial charge in [0, 0.05) is 22.8 Å². The van der Waals surface area contributed by atoms with E-state index in [0.29, 0.717) is 0 Å². The van der Waals surface area contributed by atoms with Crippen LogP contribution in [-0.2, 0) is 13.0 Å². The van der Waals surface area contributed by atoms with E-state index in [-0.39, 0.29) is 0 Å². The topological polar surface area (TPSA) is 12.0 Å². The molecule has 0 aliphatic heterocycles. The molecule has 15 heavy (non-hydrogen) atoms. The summed E-state index contributed by atoms with van der Waals surface area (Å²) in [4.78, 5) is 2.89. The Hall–Kier alpha value is -0.640. The number of hydrogen-bond donors (Lipinski definition) is 1. The van der Waals surface area contributed by atoms with E-state index in [1.807, 2.05) is 22.7 Å². The van der Waals surface area contributed by atoms with E-state index in [9.17, 15) is 0 Å². The molecule has 2 heterocycles. The van der Waals surface area contributed by atoms with E-state index < -0.39 is 0 Å². The van der Waals surface area contributed by atoms with Gasteiger partial charge in [0.25, 0.3) is 0 Å². The van der Waals surface area contributed by atoms with Gasteiger partial charge < -0.3 is 5.32 Å². The Bertz CT molecular complexity index is 389. The number of nitrogens with one attached hydrogen (secondary N) is 1. The minimum atomic E-state index is 1.00. The Morgan fingerprint density at radius 3 is 2.87 bits per heavy atom. The lowest BCUT2D eigenvalue weighted by atomic mass is 10.3. The average molecular weight is 237 g/mol. The molecule has 1 N–H and O–H groups in total. The van der Waals surface area contributed by atoms with Crippen molar-refractivity contribution in [3.8, 4) is 0 Å². The van der Waals surface area contributed by atoms with Gasteiger partial charge in [-0.3, -0.25) is 0 Å². The summed E-state index contributed by atoms with van der Waals surface area (Å²) in [6.07, 6.45) is 1.14. The molecule has 0 aliphatic carbocycles. The minimum Gasteiger partial charge on any atom is -0.311 e. The summed E-state index contributed by atoms with van der Waals surface area (Å²) < 4.78 is 0. The van der Waals surface area contributed by atoms with Crippen LogP contribution in [0, 0.1) is 6.92 Å². The van der Waals surface area contributed by atoms with Crippen molar-refractivity contribution in [1.82, 2.24) is 5.32 Å². The Morgan fingerprint density at radius 2 is 2.20 bits per heavy atom. The molecule has 3 heteroatoms. The predicted octanol–water partition coefficient (Wildman–Crippen LogP) is 3.45. The van der Waals surface area contributed by atoms with Crippen LogP contribution in [-0.4, -0.2) is 6.54 Å². The molecule has 2 rings (SSSR count). The third kappa shape index (κ3) is 3.45. The van der Waals surface area contributed by atoms with Gasteiger partial charge in [0.15, 0.2) is 0 Å². The van der Waals surface area contributed by atoms with Crippen molar-refractivity contribution in [3.63, 3.8) is 0 Å². The first kappa shape index (κ1) is 10.9. The van der Waals surface area contributed by atoms with Gasteiger partial charge in [0.05, 0.1) is 0 Å². The van der Waals surface area contributed by atoms with Crippen molar-refractivity contribution in [1.29, 1.82) is 0 Å². The molecule has 0 fully saturated rings. The van der Waals surface area contributed by atoms with Gasteiger partial charge in [0.1, 0.15) is 0 Å². The van der Waals surface area contributed by atoms with Crippen LogP contribution in [0.3, 0.4) is 0 Å². The third-order valence-electron chi connectivity index (χ3n) is 2.21. The summed E-state index contributed by atoms with van der Waals surface area (Å²) in [6, 6.07) is 6.56. The fraction of sp³-hybridized carbons (Fsp3) is 0.333. The zero-order chi connectivity index (χ0) is 10.5. The van der Waals surface area contributed by atoms with Crippen molar-refractivity contribution in [2.75, 3.05) is 6.54 Å². The standard InChI is InChI=1S/C12H15NS2/c1-10-7-12(15-9-10)8-13-5-4-11-3-2-6-14-11/h2-3,6-7,9,13H,4-5,8H2,1H3. The predicted molar refractivity (Wildman–Crippen MR) is 68.8 cm³/mol.